The minimum absolute atomic E-state index is 0.121. The van der Waals surface area contributed by atoms with E-state index in [0.717, 1.165) is 24.1 Å². The number of amides is 1. The zero-order chi connectivity index (χ0) is 21.0. The third-order valence-electron chi connectivity index (χ3n) is 5.07. The van der Waals surface area contributed by atoms with Gasteiger partial charge >= 0.3 is 6.09 Å². The number of rotatable bonds is 6. The highest BCUT2D eigenvalue weighted by molar-refractivity contribution is 5.90. The summed E-state index contributed by atoms with van der Waals surface area (Å²) in [5, 5.41) is 9.85. The summed E-state index contributed by atoms with van der Waals surface area (Å²) in [5.41, 5.74) is 2.26. The monoisotopic (exact) mass is 396 g/mol. The Balaban J connectivity index is 1.96. The molecule has 0 saturated carbocycles. The maximum Gasteiger partial charge on any atom is 0.412 e. The standard InChI is InChI=1S/C23H28N2O4/c1-16(2)29-22-13-18(19-11-12-24(3)15-21(19)26)9-10-20(22)25(23(27)28)14-17-7-5-4-6-8-17/h4-10,13,16,19H,11-12,14-15H2,1-3H3,(H,27,28). The Morgan fingerprint density at radius 3 is 2.59 bits per heavy atom. The van der Waals surface area contributed by atoms with Crippen LogP contribution in [0.2, 0.25) is 0 Å². The van der Waals surface area contributed by atoms with Crippen molar-refractivity contribution in [3.05, 3.63) is 59.7 Å². The van der Waals surface area contributed by atoms with E-state index in [1.54, 1.807) is 6.07 Å². The van der Waals surface area contributed by atoms with E-state index in [1.165, 1.54) is 4.90 Å². The van der Waals surface area contributed by atoms with Crippen molar-refractivity contribution in [2.24, 2.45) is 0 Å². The number of carbonyl (C=O) groups is 2. The number of benzene rings is 2. The second-order valence-electron chi connectivity index (χ2n) is 7.79. The molecular formula is C23H28N2O4. The van der Waals surface area contributed by atoms with Crippen molar-refractivity contribution in [2.75, 3.05) is 25.0 Å². The van der Waals surface area contributed by atoms with Crippen LogP contribution in [0.15, 0.2) is 48.5 Å². The van der Waals surface area contributed by atoms with Crippen molar-refractivity contribution >= 4 is 17.6 Å². The third kappa shape index (κ3) is 5.15. The molecule has 1 amide bonds. The summed E-state index contributed by atoms with van der Waals surface area (Å²) in [6, 6.07) is 14.9. The average molecular weight is 396 g/mol. The first-order chi connectivity index (χ1) is 13.8. The molecule has 0 aliphatic carbocycles. The minimum atomic E-state index is -1.05. The molecule has 0 radical (unpaired) electrons. The largest absolute Gasteiger partial charge is 0.489 e. The van der Waals surface area contributed by atoms with Gasteiger partial charge in [-0.1, -0.05) is 36.4 Å². The highest BCUT2D eigenvalue weighted by Gasteiger charge is 2.28. The lowest BCUT2D eigenvalue weighted by molar-refractivity contribution is -0.123. The van der Waals surface area contributed by atoms with Crippen molar-refractivity contribution < 1.29 is 19.4 Å². The van der Waals surface area contributed by atoms with Crippen LogP contribution in [0.3, 0.4) is 0 Å². The number of likely N-dealkylation sites (N-methyl/N-ethyl adjacent to an activating group) is 1. The fourth-order valence-electron chi connectivity index (χ4n) is 3.66. The number of anilines is 1. The van der Waals surface area contributed by atoms with Gasteiger partial charge in [-0.2, -0.15) is 0 Å². The normalized spacial score (nSPS) is 17.4. The third-order valence-corrected chi connectivity index (χ3v) is 5.07. The quantitative estimate of drug-likeness (QED) is 0.794. The molecule has 1 aliphatic rings. The molecular weight excluding hydrogens is 368 g/mol. The first kappa shape index (κ1) is 20.9. The molecule has 1 N–H and O–H groups in total. The smallest absolute Gasteiger partial charge is 0.412 e. The molecule has 0 aromatic heterocycles. The summed E-state index contributed by atoms with van der Waals surface area (Å²) in [6.07, 6.45) is -0.419. The van der Waals surface area contributed by atoms with Crippen molar-refractivity contribution in [3.8, 4) is 5.75 Å². The SMILES string of the molecule is CC(C)Oc1cc(C2CCN(C)CC2=O)ccc1N(Cc1ccccc1)C(=O)O. The highest BCUT2D eigenvalue weighted by atomic mass is 16.5. The van der Waals surface area contributed by atoms with Gasteiger partial charge in [0.25, 0.3) is 0 Å². The molecule has 2 aromatic carbocycles. The maximum absolute atomic E-state index is 12.5. The second-order valence-corrected chi connectivity index (χ2v) is 7.79. The van der Waals surface area contributed by atoms with Gasteiger partial charge in [0.1, 0.15) is 5.75 Å². The Bertz CT molecular complexity index is 866. The summed E-state index contributed by atoms with van der Waals surface area (Å²) < 4.78 is 5.98. The topological polar surface area (TPSA) is 70.1 Å². The molecule has 0 bridgehead atoms. The van der Waals surface area contributed by atoms with Crippen LogP contribution < -0.4 is 9.64 Å². The maximum atomic E-state index is 12.5. The van der Waals surface area contributed by atoms with Crippen molar-refractivity contribution in [3.63, 3.8) is 0 Å². The van der Waals surface area contributed by atoms with Crippen molar-refractivity contribution in [2.45, 2.75) is 38.8 Å². The van der Waals surface area contributed by atoms with Gasteiger partial charge in [-0.25, -0.2) is 4.79 Å². The second kappa shape index (κ2) is 9.09. The summed E-state index contributed by atoms with van der Waals surface area (Å²) in [7, 11) is 1.94. The van der Waals surface area contributed by atoms with Crippen LogP contribution in [0.25, 0.3) is 0 Å². The Morgan fingerprint density at radius 2 is 1.97 bits per heavy atom. The molecule has 0 spiro atoms. The van der Waals surface area contributed by atoms with Gasteiger partial charge in [0.05, 0.1) is 24.9 Å². The predicted molar refractivity (Wildman–Crippen MR) is 113 cm³/mol. The zero-order valence-electron chi connectivity index (χ0n) is 17.2. The number of carboxylic acid groups (broad SMARTS) is 1. The van der Waals surface area contributed by atoms with E-state index in [0.29, 0.717) is 18.0 Å². The van der Waals surface area contributed by atoms with Crippen LogP contribution in [0, 0.1) is 0 Å². The molecule has 2 aromatic rings. The Kier molecular flexibility index (Phi) is 6.54. The molecule has 1 fully saturated rings. The van der Waals surface area contributed by atoms with Crippen LogP contribution in [-0.2, 0) is 11.3 Å². The van der Waals surface area contributed by atoms with E-state index in [4.69, 9.17) is 4.74 Å². The van der Waals surface area contributed by atoms with Crippen LogP contribution >= 0.6 is 0 Å². The molecule has 1 unspecified atom stereocenters. The molecule has 3 rings (SSSR count). The number of ether oxygens (including phenoxy) is 1. The lowest BCUT2D eigenvalue weighted by atomic mass is 9.88. The van der Waals surface area contributed by atoms with Gasteiger partial charge < -0.3 is 9.84 Å². The van der Waals surface area contributed by atoms with Crippen LogP contribution in [0.4, 0.5) is 10.5 Å². The Morgan fingerprint density at radius 1 is 1.24 bits per heavy atom. The van der Waals surface area contributed by atoms with Crippen LogP contribution in [0.1, 0.15) is 37.3 Å². The molecule has 154 valence electrons. The first-order valence-electron chi connectivity index (χ1n) is 9.91. The van der Waals surface area contributed by atoms with Gasteiger partial charge in [-0.05, 0) is 57.1 Å². The van der Waals surface area contributed by atoms with Gasteiger partial charge in [-0.3, -0.25) is 14.6 Å². The van der Waals surface area contributed by atoms with E-state index < -0.39 is 6.09 Å². The zero-order valence-corrected chi connectivity index (χ0v) is 17.2. The van der Waals surface area contributed by atoms with Gasteiger partial charge in [-0.15, -0.1) is 0 Å². The lowest BCUT2D eigenvalue weighted by Crippen LogP contribution is -2.37. The van der Waals surface area contributed by atoms with Crippen LogP contribution in [-0.4, -0.2) is 48.1 Å². The van der Waals surface area contributed by atoms with Crippen LogP contribution in [0.5, 0.6) is 5.75 Å². The molecule has 1 saturated heterocycles. The van der Waals surface area contributed by atoms with Crippen molar-refractivity contribution in [1.82, 2.24) is 4.90 Å². The van der Waals surface area contributed by atoms with E-state index in [1.807, 2.05) is 68.3 Å². The number of hydrogen-bond donors (Lipinski definition) is 1. The molecule has 29 heavy (non-hydrogen) atoms. The number of likely N-dealkylation sites (tertiary alicyclic amines) is 1. The number of nitrogens with zero attached hydrogens (tertiary/aromatic N) is 2. The Hall–Kier alpha value is -2.86. The number of piperidine rings is 1. The molecule has 1 aliphatic heterocycles. The highest BCUT2D eigenvalue weighted by Crippen LogP contribution is 2.36. The van der Waals surface area contributed by atoms with Gasteiger partial charge in [0.15, 0.2) is 5.78 Å². The summed E-state index contributed by atoms with van der Waals surface area (Å²) in [5.74, 6) is 0.492. The number of carbonyl (C=O) groups excluding carboxylic acids is 1. The lowest BCUT2D eigenvalue weighted by Gasteiger charge is -2.29. The average Bonchev–Trinajstić information content (AvgIpc) is 2.66. The van der Waals surface area contributed by atoms with E-state index >= 15 is 0 Å². The summed E-state index contributed by atoms with van der Waals surface area (Å²) in [4.78, 5) is 27.9. The van der Waals surface area contributed by atoms with Gasteiger partial charge in [0, 0.05) is 5.92 Å². The van der Waals surface area contributed by atoms with E-state index in [2.05, 4.69) is 0 Å². The first-order valence-corrected chi connectivity index (χ1v) is 9.91. The number of ketones is 1. The fourth-order valence-corrected chi connectivity index (χ4v) is 3.66. The number of hydrogen-bond acceptors (Lipinski definition) is 4. The molecule has 1 heterocycles. The Labute approximate surface area is 171 Å². The van der Waals surface area contributed by atoms with E-state index in [-0.39, 0.29) is 24.3 Å². The van der Waals surface area contributed by atoms with E-state index in [9.17, 15) is 14.7 Å². The molecule has 1 atom stereocenters. The molecule has 6 nitrogen and oxygen atoms in total. The summed E-state index contributed by atoms with van der Waals surface area (Å²) in [6.45, 7) is 5.31. The predicted octanol–water partition coefficient (Wildman–Crippen LogP) is 4.15. The number of Topliss-reactive ketones (excluding diaryl/α,β-unsaturated/α-hetero) is 1. The van der Waals surface area contributed by atoms with Crippen molar-refractivity contribution in [1.29, 1.82) is 0 Å². The molecule has 6 heteroatoms. The summed E-state index contributed by atoms with van der Waals surface area (Å²) >= 11 is 0. The fraction of sp³-hybridized carbons (Fsp3) is 0.391. The minimum Gasteiger partial charge on any atom is -0.489 e. The van der Waals surface area contributed by atoms with Gasteiger partial charge in [0.2, 0.25) is 0 Å².